The molecule has 0 aliphatic heterocycles. The molecule has 0 spiro atoms. The number of hydrogen-bond acceptors (Lipinski definition) is 5. The van der Waals surface area contributed by atoms with Gasteiger partial charge in [-0.05, 0) is 64.9 Å². The fraction of sp³-hybridized carbons (Fsp3) is 0.185. The third-order valence-electron chi connectivity index (χ3n) is 6.31. The number of ether oxygens (including phenoxy) is 1. The van der Waals surface area contributed by atoms with E-state index in [1.54, 1.807) is 17.4 Å². The number of carboxylic acids is 1. The molecule has 2 aromatic heterocycles. The number of thiophene rings is 2. The van der Waals surface area contributed by atoms with Crippen molar-refractivity contribution >= 4 is 52.0 Å². The van der Waals surface area contributed by atoms with Crippen molar-refractivity contribution < 1.29 is 19.4 Å². The maximum Gasteiger partial charge on any atom is 0.412 e. The zero-order valence-electron chi connectivity index (χ0n) is 18.8. The fourth-order valence-electron chi connectivity index (χ4n) is 4.09. The van der Waals surface area contributed by atoms with E-state index in [-0.39, 0.29) is 6.10 Å². The number of carbonyl (C=O) groups excluding carboxylic acids is 1. The third-order valence-corrected chi connectivity index (χ3v) is 8.33. The van der Waals surface area contributed by atoms with Crippen molar-refractivity contribution in [2.75, 3.05) is 5.32 Å². The first-order chi connectivity index (χ1) is 16.9. The minimum Gasteiger partial charge on any atom is -0.481 e. The molecule has 2 aromatic carbocycles. The highest BCUT2D eigenvalue weighted by Gasteiger charge is 2.51. The molecule has 1 saturated carbocycles. The lowest BCUT2D eigenvalue weighted by Crippen LogP contribution is -2.19. The van der Waals surface area contributed by atoms with Crippen molar-refractivity contribution in [3.63, 3.8) is 0 Å². The monoisotopic (exact) mass is 523 g/mol. The van der Waals surface area contributed by atoms with Crippen LogP contribution >= 0.6 is 34.3 Å². The van der Waals surface area contributed by atoms with Gasteiger partial charge in [0.25, 0.3) is 0 Å². The first kappa shape index (κ1) is 23.6. The minimum atomic E-state index is -0.751. The predicted octanol–water partition coefficient (Wildman–Crippen LogP) is 8.22. The Hall–Kier alpha value is -3.13. The summed E-state index contributed by atoms with van der Waals surface area (Å²) in [5, 5.41) is 16.2. The van der Waals surface area contributed by atoms with Gasteiger partial charge in [-0.3, -0.25) is 10.1 Å². The molecule has 1 unspecified atom stereocenters. The van der Waals surface area contributed by atoms with Crippen molar-refractivity contribution in [1.82, 2.24) is 0 Å². The van der Waals surface area contributed by atoms with Gasteiger partial charge in [0, 0.05) is 5.56 Å². The van der Waals surface area contributed by atoms with Crippen molar-refractivity contribution in [2.24, 2.45) is 0 Å². The van der Waals surface area contributed by atoms with Crippen LogP contribution in [0.5, 0.6) is 0 Å². The van der Waals surface area contributed by atoms with Gasteiger partial charge in [0.05, 0.1) is 20.3 Å². The number of aliphatic carboxylic acids is 1. The summed E-state index contributed by atoms with van der Waals surface area (Å²) in [6, 6.07) is 19.4. The van der Waals surface area contributed by atoms with Gasteiger partial charge in [-0.25, -0.2) is 4.79 Å². The lowest BCUT2D eigenvalue weighted by molar-refractivity contribution is -0.140. The van der Waals surface area contributed by atoms with Crippen LogP contribution in [0, 0.1) is 0 Å². The standard InChI is InChI=1S/C27H22ClNO4S2/c1-16(20-10-13-34-15-20)33-26(32)29-22-14-23(28)35-24(22)19-4-2-17(3-5-19)18-6-8-21(9-7-18)27(11-12-27)25(30)31/h2-10,13-16H,11-12H2,1H3,(H,29,32)(H,30,31). The van der Waals surface area contributed by atoms with Gasteiger partial charge in [0.2, 0.25) is 0 Å². The van der Waals surface area contributed by atoms with E-state index < -0.39 is 17.5 Å². The molecule has 1 fully saturated rings. The van der Waals surface area contributed by atoms with Crippen LogP contribution in [0.3, 0.4) is 0 Å². The lowest BCUT2D eigenvalue weighted by Gasteiger charge is -2.13. The topological polar surface area (TPSA) is 75.6 Å². The molecular weight excluding hydrogens is 502 g/mol. The average Bonchev–Trinajstić information content (AvgIpc) is 3.32. The number of carboxylic acid groups (broad SMARTS) is 1. The molecule has 35 heavy (non-hydrogen) atoms. The SMILES string of the molecule is CC(OC(=O)Nc1cc(Cl)sc1-c1ccc(-c2ccc(C3(C(=O)O)CC3)cc2)cc1)c1ccsc1. The van der Waals surface area contributed by atoms with E-state index in [0.717, 1.165) is 32.7 Å². The van der Waals surface area contributed by atoms with Gasteiger partial charge in [0.1, 0.15) is 6.10 Å². The molecule has 8 heteroatoms. The molecule has 0 radical (unpaired) electrons. The maximum atomic E-state index is 12.5. The Morgan fingerprint density at radius 1 is 1.03 bits per heavy atom. The van der Waals surface area contributed by atoms with Crippen LogP contribution < -0.4 is 5.32 Å². The number of nitrogens with one attached hydrogen (secondary N) is 1. The number of carbonyl (C=O) groups is 2. The summed E-state index contributed by atoms with van der Waals surface area (Å²) in [6.07, 6.45) is 0.494. The summed E-state index contributed by atoms with van der Waals surface area (Å²) in [5.74, 6) is -0.751. The molecule has 0 bridgehead atoms. The molecule has 5 nitrogen and oxygen atoms in total. The molecule has 5 rings (SSSR count). The Kier molecular flexibility index (Phi) is 6.40. The second kappa shape index (κ2) is 9.49. The van der Waals surface area contributed by atoms with E-state index in [9.17, 15) is 14.7 Å². The summed E-state index contributed by atoms with van der Waals surface area (Å²) in [5.41, 5.74) is 4.65. The number of benzene rings is 2. The number of hydrogen-bond donors (Lipinski definition) is 2. The van der Waals surface area contributed by atoms with E-state index in [1.807, 2.05) is 72.3 Å². The summed E-state index contributed by atoms with van der Waals surface area (Å²) in [4.78, 5) is 24.9. The minimum absolute atomic E-state index is 0.352. The number of halogens is 1. The van der Waals surface area contributed by atoms with E-state index >= 15 is 0 Å². The Balaban J connectivity index is 1.31. The first-order valence-corrected chi connectivity index (χ1v) is 13.2. The Bertz CT molecular complexity index is 1360. The quantitative estimate of drug-likeness (QED) is 0.256. The fourth-order valence-corrected chi connectivity index (χ4v) is 6.02. The molecule has 0 saturated heterocycles. The summed E-state index contributed by atoms with van der Waals surface area (Å²) in [7, 11) is 0. The van der Waals surface area contributed by atoms with E-state index in [2.05, 4.69) is 5.32 Å². The van der Waals surface area contributed by atoms with Gasteiger partial charge in [0.15, 0.2) is 0 Å². The van der Waals surface area contributed by atoms with Crippen LogP contribution in [0.1, 0.15) is 37.0 Å². The number of rotatable bonds is 7. The molecular formula is C27H22ClNO4S2. The molecule has 1 atom stereocenters. The normalized spacial score (nSPS) is 14.8. The van der Waals surface area contributed by atoms with Crippen molar-refractivity contribution in [3.05, 3.63) is 86.9 Å². The number of amides is 1. The lowest BCUT2D eigenvalue weighted by atomic mass is 9.93. The van der Waals surface area contributed by atoms with Gasteiger partial charge in [-0.2, -0.15) is 11.3 Å². The van der Waals surface area contributed by atoms with Crippen molar-refractivity contribution in [3.8, 4) is 21.6 Å². The number of anilines is 1. The second-order valence-corrected chi connectivity index (χ2v) is 11.0. The van der Waals surface area contributed by atoms with Gasteiger partial charge in [-0.1, -0.05) is 60.1 Å². The zero-order chi connectivity index (χ0) is 24.6. The van der Waals surface area contributed by atoms with Crippen LogP contribution in [0.15, 0.2) is 71.4 Å². The molecule has 1 amide bonds. The Labute approximate surface area is 216 Å². The van der Waals surface area contributed by atoms with E-state index in [4.69, 9.17) is 16.3 Å². The van der Waals surface area contributed by atoms with Gasteiger partial charge >= 0.3 is 12.1 Å². The smallest absolute Gasteiger partial charge is 0.412 e. The molecule has 1 aliphatic rings. The Morgan fingerprint density at radius 3 is 2.23 bits per heavy atom. The zero-order valence-corrected chi connectivity index (χ0v) is 21.2. The highest BCUT2D eigenvalue weighted by molar-refractivity contribution is 7.20. The average molecular weight is 524 g/mol. The predicted molar refractivity (Wildman–Crippen MR) is 142 cm³/mol. The van der Waals surface area contributed by atoms with Gasteiger partial charge < -0.3 is 9.84 Å². The summed E-state index contributed by atoms with van der Waals surface area (Å²) < 4.78 is 6.07. The second-order valence-electron chi connectivity index (χ2n) is 8.56. The third kappa shape index (κ3) is 4.85. The maximum absolute atomic E-state index is 12.5. The van der Waals surface area contributed by atoms with Crippen LogP contribution in [0.2, 0.25) is 4.34 Å². The Morgan fingerprint density at radius 2 is 1.66 bits per heavy atom. The van der Waals surface area contributed by atoms with E-state index in [0.29, 0.717) is 22.9 Å². The summed E-state index contributed by atoms with van der Waals surface area (Å²) >= 11 is 9.22. The first-order valence-electron chi connectivity index (χ1n) is 11.1. The van der Waals surface area contributed by atoms with Crippen LogP contribution in [-0.4, -0.2) is 17.2 Å². The van der Waals surface area contributed by atoms with Crippen LogP contribution in [-0.2, 0) is 14.9 Å². The molecule has 2 heterocycles. The van der Waals surface area contributed by atoms with Crippen molar-refractivity contribution in [2.45, 2.75) is 31.3 Å². The molecule has 178 valence electrons. The van der Waals surface area contributed by atoms with Gasteiger partial charge in [-0.15, -0.1) is 11.3 Å². The van der Waals surface area contributed by atoms with E-state index in [1.165, 1.54) is 11.3 Å². The molecule has 4 aromatic rings. The van der Waals surface area contributed by atoms with Crippen LogP contribution in [0.25, 0.3) is 21.6 Å². The highest BCUT2D eigenvalue weighted by atomic mass is 35.5. The van der Waals surface area contributed by atoms with Crippen molar-refractivity contribution in [1.29, 1.82) is 0 Å². The summed E-state index contributed by atoms with van der Waals surface area (Å²) in [6.45, 7) is 1.83. The van der Waals surface area contributed by atoms with Crippen LogP contribution in [0.4, 0.5) is 10.5 Å². The molecule has 2 N–H and O–H groups in total. The highest BCUT2D eigenvalue weighted by Crippen LogP contribution is 2.48. The largest absolute Gasteiger partial charge is 0.481 e. The molecule has 1 aliphatic carbocycles.